The summed E-state index contributed by atoms with van der Waals surface area (Å²) in [5.74, 6) is -0.690. The van der Waals surface area contributed by atoms with Crippen molar-refractivity contribution in [3.63, 3.8) is 0 Å². The molecule has 1 aromatic heterocycles. The number of hydrogen-bond acceptors (Lipinski definition) is 4. The fraction of sp³-hybridized carbons (Fsp3) is 0.222. The third-order valence-corrected chi connectivity index (χ3v) is 4.12. The molecule has 2 amide bonds. The molecule has 7 heteroatoms. The van der Waals surface area contributed by atoms with Gasteiger partial charge in [-0.1, -0.05) is 6.07 Å². The molecule has 1 radical (unpaired) electrons. The summed E-state index contributed by atoms with van der Waals surface area (Å²) in [6, 6.07) is 11.5. The number of carbonyl (C=O) groups excluding carboxylic acids is 2. The first kappa shape index (κ1) is 16.8. The number of likely N-dealkylation sites (tertiary alicyclic amines) is 1. The van der Waals surface area contributed by atoms with Gasteiger partial charge in [-0.2, -0.15) is 0 Å². The minimum absolute atomic E-state index is 0.0717. The van der Waals surface area contributed by atoms with Crippen molar-refractivity contribution >= 4 is 17.5 Å². The Labute approximate surface area is 145 Å². The van der Waals surface area contributed by atoms with Crippen molar-refractivity contribution in [2.75, 3.05) is 18.4 Å². The van der Waals surface area contributed by atoms with Gasteiger partial charge in [-0.25, -0.2) is 0 Å². The highest BCUT2D eigenvalue weighted by Crippen LogP contribution is 2.17. The zero-order chi connectivity index (χ0) is 17.8. The fourth-order valence-electron chi connectivity index (χ4n) is 2.85. The van der Waals surface area contributed by atoms with E-state index in [1.807, 2.05) is 0 Å². The lowest BCUT2D eigenvalue weighted by Crippen LogP contribution is -2.45. The minimum atomic E-state index is -0.623. The van der Waals surface area contributed by atoms with Crippen LogP contribution < -0.4 is 16.6 Å². The summed E-state index contributed by atoms with van der Waals surface area (Å²) in [4.78, 5) is 36.9. The second kappa shape index (κ2) is 7.21. The van der Waals surface area contributed by atoms with Crippen molar-refractivity contribution in [1.82, 2.24) is 9.47 Å². The number of nitrogens with one attached hydrogen (secondary N) is 1. The first-order chi connectivity index (χ1) is 12.1. The van der Waals surface area contributed by atoms with Crippen molar-refractivity contribution < 1.29 is 9.59 Å². The molecular weight excluding hydrogens is 320 g/mol. The molecule has 0 unspecified atom stereocenters. The number of carbonyl (C=O) groups is 2. The standard InChI is InChI=1S/C18H19N4O3/c19-18(25)15-4-3-11-22(15)17(24)12-20-13-6-8-14(9-7-13)21-10-2-1-5-16(21)23/h1-2,4-10,15,20H,3,11-12H2,(H2,19,25)/t15-/m1/s1. The summed E-state index contributed by atoms with van der Waals surface area (Å²) >= 11 is 0. The van der Waals surface area contributed by atoms with E-state index in [-0.39, 0.29) is 18.0 Å². The number of rotatable bonds is 5. The molecule has 1 aliphatic heterocycles. The summed E-state index contributed by atoms with van der Waals surface area (Å²) in [5.41, 5.74) is 6.69. The SMILES string of the molecule is NC(=O)[C@H]1[CH]CCN1C(=O)CNc1ccc(-n2ccccc2=O)cc1. The molecule has 1 fully saturated rings. The number of benzene rings is 1. The maximum atomic E-state index is 12.3. The van der Waals surface area contributed by atoms with Crippen LogP contribution in [0.25, 0.3) is 5.69 Å². The number of pyridine rings is 1. The van der Waals surface area contributed by atoms with E-state index < -0.39 is 11.9 Å². The van der Waals surface area contributed by atoms with Gasteiger partial charge in [0.2, 0.25) is 11.8 Å². The van der Waals surface area contributed by atoms with Crippen LogP contribution in [0, 0.1) is 6.42 Å². The quantitative estimate of drug-likeness (QED) is 0.831. The van der Waals surface area contributed by atoms with Crippen LogP contribution in [0.2, 0.25) is 0 Å². The molecule has 1 saturated heterocycles. The van der Waals surface area contributed by atoms with Crippen molar-refractivity contribution in [3.8, 4) is 5.69 Å². The van der Waals surface area contributed by atoms with Gasteiger partial charge in [0, 0.05) is 30.2 Å². The smallest absolute Gasteiger partial charge is 0.255 e. The van der Waals surface area contributed by atoms with Crippen LogP contribution in [0.5, 0.6) is 0 Å². The number of hydrogen-bond donors (Lipinski definition) is 2. The highest BCUT2D eigenvalue weighted by Gasteiger charge is 2.32. The highest BCUT2D eigenvalue weighted by molar-refractivity contribution is 5.90. The van der Waals surface area contributed by atoms with Crippen molar-refractivity contribution in [2.45, 2.75) is 12.5 Å². The van der Waals surface area contributed by atoms with Gasteiger partial charge in [0.15, 0.2) is 0 Å². The predicted octanol–water partition coefficient (Wildman–Crippen LogP) is 0.540. The maximum absolute atomic E-state index is 12.3. The Kier molecular flexibility index (Phi) is 4.83. The van der Waals surface area contributed by atoms with Crippen LogP contribution >= 0.6 is 0 Å². The third-order valence-electron chi connectivity index (χ3n) is 4.12. The van der Waals surface area contributed by atoms with E-state index in [2.05, 4.69) is 5.32 Å². The van der Waals surface area contributed by atoms with Gasteiger partial charge in [0.05, 0.1) is 6.54 Å². The number of primary amides is 1. The number of amides is 2. The second-order valence-electron chi connectivity index (χ2n) is 5.77. The largest absolute Gasteiger partial charge is 0.376 e. The summed E-state index contributed by atoms with van der Waals surface area (Å²) < 4.78 is 1.53. The Morgan fingerprint density at radius 1 is 1.16 bits per heavy atom. The number of aromatic nitrogens is 1. The second-order valence-corrected chi connectivity index (χ2v) is 5.77. The molecule has 2 heterocycles. The van der Waals surface area contributed by atoms with Crippen molar-refractivity contribution in [3.05, 3.63) is 65.4 Å². The maximum Gasteiger partial charge on any atom is 0.255 e. The van der Waals surface area contributed by atoms with Gasteiger partial charge in [0.25, 0.3) is 5.56 Å². The molecule has 1 aromatic carbocycles. The highest BCUT2D eigenvalue weighted by atomic mass is 16.2. The van der Waals surface area contributed by atoms with Crippen LogP contribution in [-0.2, 0) is 9.59 Å². The molecule has 2 aromatic rings. The van der Waals surface area contributed by atoms with Gasteiger partial charge in [-0.15, -0.1) is 0 Å². The van der Waals surface area contributed by atoms with Crippen LogP contribution in [0.4, 0.5) is 5.69 Å². The Hall–Kier alpha value is -3.09. The van der Waals surface area contributed by atoms with Gasteiger partial charge in [0.1, 0.15) is 6.04 Å². The van der Waals surface area contributed by atoms with E-state index in [0.29, 0.717) is 13.0 Å². The summed E-state index contributed by atoms with van der Waals surface area (Å²) in [6.45, 7) is 0.576. The Bertz CT molecular complexity index is 829. The van der Waals surface area contributed by atoms with Gasteiger partial charge < -0.3 is 16.0 Å². The molecule has 25 heavy (non-hydrogen) atoms. The lowest BCUT2D eigenvalue weighted by molar-refractivity contribution is -0.135. The monoisotopic (exact) mass is 339 g/mol. The van der Waals surface area contributed by atoms with E-state index in [1.165, 1.54) is 15.5 Å². The average molecular weight is 339 g/mol. The third kappa shape index (κ3) is 3.71. The topological polar surface area (TPSA) is 97.4 Å². The normalized spacial score (nSPS) is 16.6. The minimum Gasteiger partial charge on any atom is -0.376 e. The molecule has 3 rings (SSSR count). The molecule has 3 N–H and O–H groups in total. The van der Waals surface area contributed by atoms with Crippen LogP contribution in [0.15, 0.2) is 53.5 Å². The molecule has 1 atom stereocenters. The summed E-state index contributed by atoms with van der Waals surface area (Å²) in [6.07, 6.45) is 4.12. The fourth-order valence-corrected chi connectivity index (χ4v) is 2.85. The zero-order valence-corrected chi connectivity index (χ0v) is 13.6. The first-order valence-electron chi connectivity index (χ1n) is 8.00. The Balaban J connectivity index is 1.62. The molecule has 0 aliphatic carbocycles. The lowest BCUT2D eigenvalue weighted by atomic mass is 10.2. The van der Waals surface area contributed by atoms with E-state index >= 15 is 0 Å². The number of anilines is 1. The Morgan fingerprint density at radius 3 is 2.60 bits per heavy atom. The predicted molar refractivity (Wildman–Crippen MR) is 94.1 cm³/mol. The van der Waals surface area contributed by atoms with E-state index in [0.717, 1.165) is 11.4 Å². The lowest BCUT2D eigenvalue weighted by Gasteiger charge is -2.22. The van der Waals surface area contributed by atoms with E-state index in [1.54, 1.807) is 49.0 Å². The van der Waals surface area contributed by atoms with Crippen molar-refractivity contribution in [2.24, 2.45) is 5.73 Å². The molecule has 7 nitrogen and oxygen atoms in total. The molecule has 0 saturated carbocycles. The van der Waals surface area contributed by atoms with E-state index in [9.17, 15) is 14.4 Å². The molecule has 0 spiro atoms. The number of nitrogens with two attached hydrogens (primary N) is 1. The summed E-state index contributed by atoms with van der Waals surface area (Å²) in [7, 11) is 0. The Morgan fingerprint density at radius 2 is 1.92 bits per heavy atom. The summed E-state index contributed by atoms with van der Waals surface area (Å²) in [5, 5.41) is 3.03. The van der Waals surface area contributed by atoms with Crippen LogP contribution in [-0.4, -0.2) is 40.4 Å². The number of nitrogens with zero attached hydrogens (tertiary/aromatic N) is 2. The molecule has 129 valence electrons. The van der Waals surface area contributed by atoms with E-state index in [4.69, 9.17) is 5.73 Å². The van der Waals surface area contributed by atoms with Crippen LogP contribution in [0.3, 0.4) is 0 Å². The molecule has 0 bridgehead atoms. The van der Waals surface area contributed by atoms with Crippen LogP contribution in [0.1, 0.15) is 6.42 Å². The van der Waals surface area contributed by atoms with Gasteiger partial charge in [-0.3, -0.25) is 19.0 Å². The average Bonchev–Trinajstić information content (AvgIpc) is 3.11. The molecular formula is C18H19N4O3. The van der Waals surface area contributed by atoms with Crippen molar-refractivity contribution in [1.29, 1.82) is 0 Å². The zero-order valence-electron chi connectivity index (χ0n) is 13.6. The van der Waals surface area contributed by atoms with Gasteiger partial charge in [-0.05, 0) is 43.2 Å². The van der Waals surface area contributed by atoms with Gasteiger partial charge >= 0.3 is 0 Å². The first-order valence-corrected chi connectivity index (χ1v) is 8.00. The molecule has 1 aliphatic rings.